The molecule has 2 nitrogen and oxygen atoms in total. The molecule has 1 aliphatic rings. The number of hydrogen-bond acceptors (Lipinski definition) is 2. The summed E-state index contributed by atoms with van der Waals surface area (Å²) in [5.41, 5.74) is 0.873. The van der Waals surface area contributed by atoms with E-state index in [0.29, 0.717) is 0 Å². The van der Waals surface area contributed by atoms with Crippen LogP contribution in [0.25, 0.3) is 0 Å². The zero-order valence-corrected chi connectivity index (χ0v) is 13.8. The van der Waals surface area contributed by atoms with Crippen LogP contribution in [-0.2, 0) is 0 Å². The molecule has 1 aliphatic heterocycles. The molecule has 1 amide bonds. The SMILES string of the molecule is CCCC1CCCN(C(=O)c2csc(I)c2)CC1. The Morgan fingerprint density at radius 1 is 1.50 bits per heavy atom. The first-order valence-corrected chi connectivity index (χ1v) is 8.70. The van der Waals surface area contributed by atoms with Gasteiger partial charge in [0.05, 0.1) is 8.45 Å². The number of halogens is 1. The Hall–Kier alpha value is -0.100. The van der Waals surface area contributed by atoms with Crippen LogP contribution in [0.4, 0.5) is 0 Å². The third kappa shape index (κ3) is 3.70. The van der Waals surface area contributed by atoms with Crippen molar-refractivity contribution >= 4 is 39.8 Å². The van der Waals surface area contributed by atoms with Crippen molar-refractivity contribution in [3.05, 3.63) is 19.9 Å². The van der Waals surface area contributed by atoms with Gasteiger partial charge in [0, 0.05) is 18.5 Å². The minimum Gasteiger partial charge on any atom is -0.339 e. The van der Waals surface area contributed by atoms with Crippen molar-refractivity contribution < 1.29 is 4.79 Å². The maximum absolute atomic E-state index is 12.4. The van der Waals surface area contributed by atoms with Crippen molar-refractivity contribution in [2.45, 2.75) is 39.0 Å². The summed E-state index contributed by atoms with van der Waals surface area (Å²) >= 11 is 3.92. The summed E-state index contributed by atoms with van der Waals surface area (Å²) in [5.74, 6) is 1.06. The van der Waals surface area contributed by atoms with Crippen LogP contribution in [0.2, 0.25) is 0 Å². The Balaban J connectivity index is 1.95. The highest BCUT2D eigenvalue weighted by Crippen LogP contribution is 2.24. The predicted octanol–water partition coefficient (Wildman–Crippen LogP) is 4.40. The highest BCUT2D eigenvalue weighted by atomic mass is 127. The Morgan fingerprint density at radius 3 is 3.00 bits per heavy atom. The van der Waals surface area contributed by atoms with Crippen molar-refractivity contribution in [2.24, 2.45) is 5.92 Å². The number of likely N-dealkylation sites (tertiary alicyclic amines) is 1. The van der Waals surface area contributed by atoms with E-state index in [0.717, 1.165) is 31.0 Å². The van der Waals surface area contributed by atoms with Crippen molar-refractivity contribution in [3.8, 4) is 0 Å². The molecule has 1 unspecified atom stereocenters. The first kappa shape index (κ1) is 14.3. The second-order valence-corrected chi connectivity index (χ2v) is 7.82. The van der Waals surface area contributed by atoms with Crippen molar-refractivity contribution in [2.75, 3.05) is 13.1 Å². The van der Waals surface area contributed by atoms with Gasteiger partial charge >= 0.3 is 0 Å². The summed E-state index contributed by atoms with van der Waals surface area (Å²) in [7, 11) is 0. The summed E-state index contributed by atoms with van der Waals surface area (Å²) in [4.78, 5) is 14.4. The van der Waals surface area contributed by atoms with Gasteiger partial charge in [-0.3, -0.25) is 4.79 Å². The molecule has 0 aromatic carbocycles. The van der Waals surface area contributed by atoms with Gasteiger partial charge in [0.15, 0.2) is 0 Å². The van der Waals surface area contributed by atoms with Gasteiger partial charge in [0.2, 0.25) is 0 Å². The predicted molar refractivity (Wildman–Crippen MR) is 85.2 cm³/mol. The topological polar surface area (TPSA) is 20.3 Å². The lowest BCUT2D eigenvalue weighted by Gasteiger charge is -2.20. The van der Waals surface area contributed by atoms with Gasteiger partial charge in [-0.1, -0.05) is 19.8 Å². The molecule has 0 spiro atoms. The summed E-state index contributed by atoms with van der Waals surface area (Å²) in [6, 6.07) is 2.00. The molecule has 1 aromatic rings. The lowest BCUT2D eigenvalue weighted by molar-refractivity contribution is 0.0760. The minimum atomic E-state index is 0.228. The molecule has 0 aliphatic carbocycles. The smallest absolute Gasteiger partial charge is 0.254 e. The average Bonchev–Trinajstić information content (AvgIpc) is 2.65. The normalized spacial score (nSPS) is 20.8. The monoisotopic (exact) mass is 377 g/mol. The van der Waals surface area contributed by atoms with E-state index in [-0.39, 0.29) is 5.91 Å². The molecule has 1 saturated heterocycles. The van der Waals surface area contributed by atoms with Gasteiger partial charge < -0.3 is 4.90 Å². The van der Waals surface area contributed by atoms with Gasteiger partial charge in [0.1, 0.15) is 0 Å². The third-order valence-corrected chi connectivity index (χ3v) is 5.44. The third-order valence-electron chi connectivity index (χ3n) is 3.65. The highest BCUT2D eigenvalue weighted by molar-refractivity contribution is 14.1. The number of amides is 1. The summed E-state index contributed by atoms with van der Waals surface area (Å²) in [6.45, 7) is 4.13. The Kier molecular flexibility index (Phi) is 5.48. The van der Waals surface area contributed by atoms with Gasteiger partial charge in [-0.15, -0.1) is 11.3 Å². The van der Waals surface area contributed by atoms with Gasteiger partial charge in [-0.25, -0.2) is 0 Å². The van der Waals surface area contributed by atoms with E-state index in [1.807, 2.05) is 16.3 Å². The maximum Gasteiger partial charge on any atom is 0.254 e. The average molecular weight is 377 g/mol. The molecule has 2 heterocycles. The van der Waals surface area contributed by atoms with Gasteiger partial charge in [-0.2, -0.15) is 0 Å². The largest absolute Gasteiger partial charge is 0.339 e. The van der Waals surface area contributed by atoms with Crippen LogP contribution in [0.3, 0.4) is 0 Å². The molecule has 18 heavy (non-hydrogen) atoms. The molecule has 100 valence electrons. The fourth-order valence-corrected chi connectivity index (χ4v) is 3.99. The van der Waals surface area contributed by atoms with E-state index in [1.54, 1.807) is 11.3 Å². The maximum atomic E-state index is 12.4. The van der Waals surface area contributed by atoms with Crippen LogP contribution in [-0.4, -0.2) is 23.9 Å². The second kappa shape index (κ2) is 6.89. The number of nitrogens with zero attached hydrogens (tertiary/aromatic N) is 1. The standard InChI is InChI=1S/C14H20INOS/c1-2-4-11-5-3-7-16(8-6-11)14(17)12-9-13(15)18-10-12/h9-11H,2-8H2,1H3. The molecule has 2 rings (SSSR count). The number of carbonyl (C=O) groups excluding carboxylic acids is 1. The van der Waals surface area contributed by atoms with E-state index in [1.165, 1.54) is 28.6 Å². The summed E-state index contributed by atoms with van der Waals surface area (Å²) in [6.07, 6.45) is 6.22. The Morgan fingerprint density at radius 2 is 2.33 bits per heavy atom. The van der Waals surface area contributed by atoms with Crippen molar-refractivity contribution in [1.82, 2.24) is 4.90 Å². The number of hydrogen-bond donors (Lipinski definition) is 0. The summed E-state index contributed by atoms with van der Waals surface area (Å²) in [5, 5.41) is 1.98. The minimum absolute atomic E-state index is 0.228. The van der Waals surface area contributed by atoms with Crippen LogP contribution in [0.1, 0.15) is 49.4 Å². The number of thiophene rings is 1. The molecule has 1 aromatic heterocycles. The zero-order valence-electron chi connectivity index (χ0n) is 10.8. The van der Waals surface area contributed by atoms with Crippen molar-refractivity contribution in [3.63, 3.8) is 0 Å². The highest BCUT2D eigenvalue weighted by Gasteiger charge is 2.21. The zero-order chi connectivity index (χ0) is 13.0. The quantitative estimate of drug-likeness (QED) is 0.716. The molecule has 0 radical (unpaired) electrons. The molecule has 1 fully saturated rings. The molecule has 1 atom stereocenters. The molecule has 0 N–H and O–H groups in total. The molecule has 0 saturated carbocycles. The summed E-state index contributed by atoms with van der Waals surface area (Å²) < 4.78 is 1.19. The van der Waals surface area contributed by atoms with Crippen molar-refractivity contribution in [1.29, 1.82) is 0 Å². The van der Waals surface area contributed by atoms with Crippen LogP contribution >= 0.6 is 33.9 Å². The molecular weight excluding hydrogens is 357 g/mol. The first-order valence-electron chi connectivity index (χ1n) is 6.74. The lowest BCUT2D eigenvalue weighted by Crippen LogP contribution is -2.31. The first-order chi connectivity index (χ1) is 8.70. The molecule has 0 bridgehead atoms. The number of carbonyl (C=O) groups is 1. The fourth-order valence-electron chi connectivity index (χ4n) is 2.67. The van der Waals surface area contributed by atoms with Crippen LogP contribution in [0, 0.1) is 8.80 Å². The van der Waals surface area contributed by atoms with E-state index in [2.05, 4.69) is 29.5 Å². The second-order valence-electron chi connectivity index (χ2n) is 5.02. The lowest BCUT2D eigenvalue weighted by atomic mass is 9.96. The molecule has 4 heteroatoms. The van der Waals surface area contributed by atoms with Crippen LogP contribution in [0.5, 0.6) is 0 Å². The van der Waals surface area contributed by atoms with E-state index in [9.17, 15) is 4.79 Å². The van der Waals surface area contributed by atoms with E-state index >= 15 is 0 Å². The Labute approximate surface area is 127 Å². The number of rotatable bonds is 3. The van der Waals surface area contributed by atoms with Gasteiger partial charge in [0.25, 0.3) is 5.91 Å². The van der Waals surface area contributed by atoms with Gasteiger partial charge in [-0.05, 0) is 53.8 Å². The molecular formula is C14H20INOS. The Bertz CT molecular complexity index is 404. The van der Waals surface area contributed by atoms with E-state index < -0.39 is 0 Å². The van der Waals surface area contributed by atoms with E-state index in [4.69, 9.17) is 0 Å². The fraction of sp³-hybridized carbons (Fsp3) is 0.643. The van der Waals surface area contributed by atoms with Crippen LogP contribution in [0.15, 0.2) is 11.4 Å². The van der Waals surface area contributed by atoms with Crippen LogP contribution < -0.4 is 0 Å².